The number of hydrogen-bond acceptors (Lipinski definition) is 2. The van der Waals surface area contributed by atoms with Crippen LogP contribution in [0.3, 0.4) is 0 Å². The highest BCUT2D eigenvalue weighted by Gasteiger charge is 2.24. The lowest BCUT2D eigenvalue weighted by molar-refractivity contribution is -0.115. The molecule has 1 fully saturated rings. The number of aryl methyl sites for hydroxylation is 2. The third-order valence-electron chi connectivity index (χ3n) is 6.61. The third-order valence-corrected chi connectivity index (χ3v) is 6.61. The van der Waals surface area contributed by atoms with Gasteiger partial charge in [-0.25, -0.2) is 8.78 Å². The monoisotopic (exact) mass is 427 g/mol. The van der Waals surface area contributed by atoms with Crippen LogP contribution in [0.15, 0.2) is 36.4 Å². The number of halogens is 2. The van der Waals surface area contributed by atoms with Crippen LogP contribution >= 0.6 is 0 Å². The maximum Gasteiger partial charge on any atom is 0.126 e. The predicted molar refractivity (Wildman–Crippen MR) is 122 cm³/mol. The predicted octanol–water partition coefficient (Wildman–Crippen LogP) is 6.38. The fourth-order valence-electron chi connectivity index (χ4n) is 4.55. The topological polar surface area (TPSA) is 20.3 Å². The van der Waals surface area contributed by atoms with Crippen molar-refractivity contribution < 1.29 is 13.6 Å². The number of carbonyl (C=O) groups is 1. The van der Waals surface area contributed by atoms with Crippen LogP contribution < -0.4 is 0 Å². The van der Waals surface area contributed by atoms with Gasteiger partial charge in [-0.15, -0.1) is 0 Å². The van der Waals surface area contributed by atoms with Gasteiger partial charge in [0.2, 0.25) is 0 Å². The molecule has 0 radical (unpaired) electrons. The molecule has 0 amide bonds. The molecule has 1 unspecified atom stereocenters. The molecule has 0 saturated carbocycles. The minimum absolute atomic E-state index is 0.119. The van der Waals surface area contributed by atoms with Crippen molar-refractivity contribution >= 4 is 6.29 Å². The van der Waals surface area contributed by atoms with Crippen LogP contribution in [0.1, 0.15) is 66.7 Å². The molecule has 1 heterocycles. The van der Waals surface area contributed by atoms with Gasteiger partial charge in [-0.3, -0.25) is 0 Å². The smallest absolute Gasteiger partial charge is 0.126 e. The lowest BCUT2D eigenvalue weighted by Crippen LogP contribution is -2.47. The van der Waals surface area contributed by atoms with Crippen LogP contribution in [-0.4, -0.2) is 30.8 Å². The van der Waals surface area contributed by atoms with Crippen LogP contribution in [0, 0.1) is 31.4 Å². The standard InChI is InChI=1S/C27H35F2NO/c1-20-9-10-22(12-21(20)2)13-24(25-14-26(28)16-27(29)15-25)8-6-4-3-5-7-11-30-17-23(18-30)19-31/h9-10,12,14-16,19,23-24H,3-8,11,13,17-18H2,1-2H3. The average molecular weight is 428 g/mol. The lowest BCUT2D eigenvalue weighted by atomic mass is 9.86. The molecule has 3 rings (SSSR count). The zero-order valence-corrected chi connectivity index (χ0v) is 18.9. The van der Waals surface area contributed by atoms with Gasteiger partial charge in [-0.1, -0.05) is 43.9 Å². The van der Waals surface area contributed by atoms with Crippen LogP contribution in [0.2, 0.25) is 0 Å². The largest absolute Gasteiger partial charge is 0.303 e. The summed E-state index contributed by atoms with van der Waals surface area (Å²) in [5, 5.41) is 0. The summed E-state index contributed by atoms with van der Waals surface area (Å²) in [6.07, 6.45) is 8.54. The summed E-state index contributed by atoms with van der Waals surface area (Å²) < 4.78 is 27.7. The first-order valence-electron chi connectivity index (χ1n) is 11.6. The molecule has 0 bridgehead atoms. The minimum atomic E-state index is -0.497. The van der Waals surface area contributed by atoms with Gasteiger partial charge in [-0.05, 0) is 80.0 Å². The fourth-order valence-corrected chi connectivity index (χ4v) is 4.55. The molecule has 2 aromatic carbocycles. The van der Waals surface area contributed by atoms with Crippen LogP contribution in [0.25, 0.3) is 0 Å². The van der Waals surface area contributed by atoms with Gasteiger partial charge in [0.05, 0.1) is 0 Å². The molecule has 4 heteroatoms. The molecule has 2 aromatic rings. The zero-order chi connectivity index (χ0) is 22.2. The van der Waals surface area contributed by atoms with E-state index in [1.165, 1.54) is 48.1 Å². The van der Waals surface area contributed by atoms with Gasteiger partial charge in [0.15, 0.2) is 0 Å². The molecule has 168 valence electrons. The molecule has 0 N–H and O–H groups in total. The number of hydrogen-bond donors (Lipinski definition) is 0. The van der Waals surface area contributed by atoms with Gasteiger partial charge in [-0.2, -0.15) is 0 Å². The second kappa shape index (κ2) is 11.5. The van der Waals surface area contributed by atoms with Crippen LogP contribution in [-0.2, 0) is 11.2 Å². The van der Waals surface area contributed by atoms with Crippen LogP contribution in [0.4, 0.5) is 8.78 Å². The second-order valence-corrected chi connectivity index (χ2v) is 9.23. The van der Waals surface area contributed by atoms with Crippen molar-refractivity contribution in [3.05, 3.63) is 70.3 Å². The van der Waals surface area contributed by atoms with E-state index in [4.69, 9.17) is 0 Å². The molecule has 1 saturated heterocycles. The molecule has 0 aliphatic carbocycles. The SMILES string of the molecule is Cc1ccc(CC(CCCCCCCN2CC(C=O)C2)c2cc(F)cc(F)c2)cc1C. The van der Waals surface area contributed by atoms with E-state index < -0.39 is 11.6 Å². The van der Waals surface area contributed by atoms with Crippen molar-refractivity contribution in [2.45, 2.75) is 64.7 Å². The summed E-state index contributed by atoms with van der Waals surface area (Å²) in [4.78, 5) is 13.0. The molecule has 1 aliphatic rings. The molecular formula is C27H35F2NO. The summed E-state index contributed by atoms with van der Waals surface area (Å²) in [5.74, 6) is -0.624. The van der Waals surface area contributed by atoms with Gasteiger partial charge in [0.1, 0.15) is 17.9 Å². The minimum Gasteiger partial charge on any atom is -0.303 e. The molecule has 1 aliphatic heterocycles. The number of rotatable bonds is 12. The Bertz CT molecular complexity index is 840. The molecule has 0 aromatic heterocycles. The average Bonchev–Trinajstić information content (AvgIpc) is 2.69. The van der Waals surface area contributed by atoms with E-state index in [0.29, 0.717) is 0 Å². The Hall–Kier alpha value is -2.07. The first kappa shape index (κ1) is 23.6. The summed E-state index contributed by atoms with van der Waals surface area (Å²) in [5.41, 5.74) is 4.50. The summed E-state index contributed by atoms with van der Waals surface area (Å²) in [7, 11) is 0. The summed E-state index contributed by atoms with van der Waals surface area (Å²) in [6.45, 7) is 7.14. The fraction of sp³-hybridized carbons (Fsp3) is 0.519. The van der Waals surface area contributed by atoms with Gasteiger partial charge >= 0.3 is 0 Å². The van der Waals surface area contributed by atoms with Crippen molar-refractivity contribution in [1.29, 1.82) is 0 Å². The number of aldehydes is 1. The summed E-state index contributed by atoms with van der Waals surface area (Å²) >= 11 is 0. The number of carbonyl (C=O) groups excluding carboxylic acids is 1. The Balaban J connectivity index is 1.48. The van der Waals surface area contributed by atoms with E-state index in [2.05, 4.69) is 36.9 Å². The van der Waals surface area contributed by atoms with E-state index in [1.807, 2.05) is 0 Å². The highest BCUT2D eigenvalue weighted by molar-refractivity contribution is 5.55. The number of nitrogens with zero attached hydrogens (tertiary/aromatic N) is 1. The van der Waals surface area contributed by atoms with E-state index >= 15 is 0 Å². The number of unbranched alkanes of at least 4 members (excludes halogenated alkanes) is 4. The van der Waals surface area contributed by atoms with E-state index in [0.717, 1.165) is 63.2 Å². The van der Waals surface area contributed by atoms with Crippen LogP contribution in [0.5, 0.6) is 0 Å². The van der Waals surface area contributed by atoms with Crippen molar-refractivity contribution in [2.75, 3.05) is 19.6 Å². The number of benzene rings is 2. The molecule has 31 heavy (non-hydrogen) atoms. The normalized spacial score (nSPS) is 15.6. The van der Waals surface area contributed by atoms with E-state index in [1.54, 1.807) is 0 Å². The van der Waals surface area contributed by atoms with Gasteiger partial charge in [0, 0.05) is 25.1 Å². The Morgan fingerprint density at radius 3 is 2.29 bits per heavy atom. The van der Waals surface area contributed by atoms with Crippen molar-refractivity contribution in [1.82, 2.24) is 4.90 Å². The molecule has 0 spiro atoms. The maximum atomic E-state index is 13.9. The highest BCUT2D eigenvalue weighted by atomic mass is 19.1. The molecule has 2 nitrogen and oxygen atoms in total. The van der Waals surface area contributed by atoms with Gasteiger partial charge < -0.3 is 9.69 Å². The van der Waals surface area contributed by atoms with Crippen molar-refractivity contribution in [3.63, 3.8) is 0 Å². The first-order valence-corrected chi connectivity index (χ1v) is 11.6. The third kappa shape index (κ3) is 7.24. The maximum absolute atomic E-state index is 13.9. The zero-order valence-electron chi connectivity index (χ0n) is 18.9. The van der Waals surface area contributed by atoms with E-state index in [9.17, 15) is 13.6 Å². The lowest BCUT2D eigenvalue weighted by Gasteiger charge is -2.36. The Labute approximate surface area is 185 Å². The Kier molecular flexibility index (Phi) is 8.77. The Morgan fingerprint density at radius 1 is 0.935 bits per heavy atom. The summed E-state index contributed by atoms with van der Waals surface area (Å²) in [6, 6.07) is 10.4. The van der Waals surface area contributed by atoms with Gasteiger partial charge in [0.25, 0.3) is 0 Å². The number of likely N-dealkylation sites (tertiary alicyclic amines) is 1. The highest BCUT2D eigenvalue weighted by Crippen LogP contribution is 2.29. The molecular weight excluding hydrogens is 392 g/mol. The molecule has 1 atom stereocenters. The Morgan fingerprint density at radius 2 is 1.61 bits per heavy atom. The van der Waals surface area contributed by atoms with Crippen molar-refractivity contribution in [2.24, 2.45) is 5.92 Å². The second-order valence-electron chi connectivity index (χ2n) is 9.23. The van der Waals surface area contributed by atoms with E-state index in [-0.39, 0.29) is 11.8 Å². The first-order chi connectivity index (χ1) is 14.9. The van der Waals surface area contributed by atoms with Crippen molar-refractivity contribution in [3.8, 4) is 0 Å². The quantitative estimate of drug-likeness (QED) is 0.289.